The molecule has 22 heavy (non-hydrogen) atoms. The number of allylic oxidation sites excluding steroid dienone is 8. The zero-order chi connectivity index (χ0) is 15.4. The van der Waals surface area contributed by atoms with Gasteiger partial charge in [0.1, 0.15) is 0 Å². The molecule has 0 bridgehead atoms. The molecule has 4 rings (SSSR count). The van der Waals surface area contributed by atoms with Crippen LogP contribution >= 0.6 is 0 Å². The van der Waals surface area contributed by atoms with Crippen LogP contribution < -0.4 is 11.1 Å². The van der Waals surface area contributed by atoms with Crippen LogP contribution in [0.25, 0.3) is 0 Å². The van der Waals surface area contributed by atoms with Gasteiger partial charge in [-0.3, -0.25) is 0 Å². The lowest BCUT2D eigenvalue weighted by Gasteiger charge is -2.36. The summed E-state index contributed by atoms with van der Waals surface area (Å²) in [5, 5.41) is 3.73. The molecular formula is C20H24N2. The molecule has 3 atom stereocenters. The topological polar surface area (TPSA) is 38.0 Å². The fraction of sp³-hybridized carbons (Fsp3) is 0.400. The molecule has 4 aliphatic rings. The van der Waals surface area contributed by atoms with E-state index in [2.05, 4.69) is 61.7 Å². The SMILES string of the molecule is CC1(C2=CC3C4=CCCC=C4NC3(C)C=C2)C=CC(N)=CC1. The monoisotopic (exact) mass is 292 g/mol. The Kier molecular flexibility index (Phi) is 2.81. The van der Waals surface area contributed by atoms with Gasteiger partial charge in [0.15, 0.2) is 0 Å². The first kappa shape index (κ1) is 13.7. The van der Waals surface area contributed by atoms with Crippen molar-refractivity contribution in [1.29, 1.82) is 0 Å². The van der Waals surface area contributed by atoms with Crippen molar-refractivity contribution in [2.24, 2.45) is 17.1 Å². The molecule has 1 saturated heterocycles. The predicted molar refractivity (Wildman–Crippen MR) is 91.8 cm³/mol. The molecule has 0 aromatic heterocycles. The molecule has 3 unspecified atom stereocenters. The van der Waals surface area contributed by atoms with Crippen LogP contribution in [0.15, 0.2) is 71.1 Å². The number of rotatable bonds is 1. The minimum Gasteiger partial charge on any atom is -0.399 e. The second-order valence-electron chi connectivity index (χ2n) is 7.35. The third kappa shape index (κ3) is 1.93. The summed E-state index contributed by atoms with van der Waals surface area (Å²) in [5.41, 5.74) is 11.1. The Morgan fingerprint density at radius 1 is 1.09 bits per heavy atom. The normalized spacial score (nSPS) is 39.1. The van der Waals surface area contributed by atoms with E-state index in [0.717, 1.165) is 25.0 Å². The van der Waals surface area contributed by atoms with Gasteiger partial charge < -0.3 is 11.1 Å². The molecule has 3 N–H and O–H groups in total. The third-order valence-electron chi connectivity index (χ3n) is 5.60. The predicted octanol–water partition coefficient (Wildman–Crippen LogP) is 3.87. The van der Waals surface area contributed by atoms with Gasteiger partial charge in [0.05, 0.1) is 5.54 Å². The van der Waals surface area contributed by atoms with Gasteiger partial charge in [-0.05, 0) is 43.4 Å². The van der Waals surface area contributed by atoms with Crippen molar-refractivity contribution in [3.05, 3.63) is 71.1 Å². The van der Waals surface area contributed by atoms with Gasteiger partial charge in [0, 0.05) is 22.7 Å². The van der Waals surface area contributed by atoms with E-state index in [-0.39, 0.29) is 11.0 Å². The van der Waals surface area contributed by atoms with Gasteiger partial charge in [-0.15, -0.1) is 0 Å². The molecule has 114 valence electrons. The molecule has 0 aromatic rings. The summed E-state index contributed by atoms with van der Waals surface area (Å²) in [4.78, 5) is 0. The maximum atomic E-state index is 5.89. The Morgan fingerprint density at radius 3 is 2.68 bits per heavy atom. The number of hydrogen-bond acceptors (Lipinski definition) is 2. The van der Waals surface area contributed by atoms with Crippen LogP contribution in [0.2, 0.25) is 0 Å². The van der Waals surface area contributed by atoms with Crippen LogP contribution in [0, 0.1) is 11.3 Å². The summed E-state index contributed by atoms with van der Waals surface area (Å²) in [5.74, 6) is 0.438. The van der Waals surface area contributed by atoms with Crippen molar-refractivity contribution in [2.45, 2.75) is 38.6 Å². The number of hydrogen-bond donors (Lipinski definition) is 2. The summed E-state index contributed by atoms with van der Waals surface area (Å²) in [7, 11) is 0. The lowest BCUT2D eigenvalue weighted by atomic mass is 9.69. The average Bonchev–Trinajstić information content (AvgIpc) is 2.82. The number of nitrogens with one attached hydrogen (secondary N) is 1. The molecule has 1 heterocycles. The standard InChI is InChI=1S/C20H24N2/c1-19(10-8-15(21)9-11-19)14-7-12-20(2)17(13-14)16-5-3-4-6-18(16)22-20/h5-10,12-13,17,22H,3-4,11,21H2,1-2H3. The minimum atomic E-state index is 0.0229. The van der Waals surface area contributed by atoms with E-state index < -0.39 is 0 Å². The minimum absolute atomic E-state index is 0.0229. The highest BCUT2D eigenvalue weighted by Gasteiger charge is 2.44. The quantitative estimate of drug-likeness (QED) is 0.770. The van der Waals surface area contributed by atoms with E-state index in [1.807, 2.05) is 6.08 Å². The second kappa shape index (κ2) is 4.52. The fourth-order valence-corrected chi connectivity index (χ4v) is 4.05. The van der Waals surface area contributed by atoms with Crippen LogP contribution in [0.1, 0.15) is 33.1 Å². The van der Waals surface area contributed by atoms with Crippen molar-refractivity contribution in [2.75, 3.05) is 0 Å². The summed E-state index contributed by atoms with van der Waals surface area (Å²) in [6.07, 6.45) is 21.6. The molecule has 0 spiro atoms. The summed E-state index contributed by atoms with van der Waals surface area (Å²) >= 11 is 0. The Labute approximate surface area is 132 Å². The van der Waals surface area contributed by atoms with Crippen molar-refractivity contribution < 1.29 is 0 Å². The Balaban J connectivity index is 1.72. The molecule has 3 aliphatic carbocycles. The van der Waals surface area contributed by atoms with Crippen molar-refractivity contribution >= 4 is 0 Å². The fourth-order valence-electron chi connectivity index (χ4n) is 4.05. The van der Waals surface area contributed by atoms with E-state index in [1.54, 1.807) is 0 Å². The Bertz CT molecular complexity index is 701. The zero-order valence-electron chi connectivity index (χ0n) is 13.4. The summed E-state index contributed by atoms with van der Waals surface area (Å²) in [6, 6.07) is 0. The Hall–Kier alpha value is -1.96. The van der Waals surface area contributed by atoms with Gasteiger partial charge in [-0.25, -0.2) is 0 Å². The molecule has 0 saturated carbocycles. The van der Waals surface area contributed by atoms with E-state index >= 15 is 0 Å². The summed E-state index contributed by atoms with van der Waals surface area (Å²) in [6.45, 7) is 4.61. The first-order valence-corrected chi connectivity index (χ1v) is 8.25. The molecule has 2 heteroatoms. The van der Waals surface area contributed by atoms with E-state index in [1.165, 1.54) is 16.8 Å². The van der Waals surface area contributed by atoms with Crippen molar-refractivity contribution in [1.82, 2.24) is 5.32 Å². The van der Waals surface area contributed by atoms with Gasteiger partial charge in [0.25, 0.3) is 0 Å². The largest absolute Gasteiger partial charge is 0.399 e. The molecule has 0 radical (unpaired) electrons. The lowest BCUT2D eigenvalue weighted by molar-refractivity contribution is 0.441. The van der Waals surface area contributed by atoms with Crippen LogP contribution in [0.5, 0.6) is 0 Å². The van der Waals surface area contributed by atoms with Crippen LogP contribution in [-0.4, -0.2) is 5.54 Å². The molecule has 0 aromatic carbocycles. The van der Waals surface area contributed by atoms with Crippen LogP contribution in [0.3, 0.4) is 0 Å². The molecule has 1 fully saturated rings. The number of fused-ring (bicyclic) bond motifs is 3. The Morgan fingerprint density at radius 2 is 1.91 bits per heavy atom. The van der Waals surface area contributed by atoms with E-state index in [0.29, 0.717) is 5.92 Å². The summed E-state index contributed by atoms with van der Waals surface area (Å²) < 4.78 is 0. The van der Waals surface area contributed by atoms with Crippen LogP contribution in [-0.2, 0) is 0 Å². The second-order valence-corrected chi connectivity index (χ2v) is 7.35. The average molecular weight is 292 g/mol. The molecule has 2 nitrogen and oxygen atoms in total. The highest BCUT2D eigenvalue weighted by atomic mass is 15.0. The van der Waals surface area contributed by atoms with Crippen LogP contribution in [0.4, 0.5) is 0 Å². The van der Waals surface area contributed by atoms with E-state index in [9.17, 15) is 0 Å². The first-order valence-electron chi connectivity index (χ1n) is 8.25. The smallest absolute Gasteiger partial charge is 0.0635 e. The molecule has 1 aliphatic heterocycles. The highest BCUT2D eigenvalue weighted by molar-refractivity contribution is 5.53. The first-order chi connectivity index (χ1) is 10.5. The maximum absolute atomic E-state index is 5.89. The van der Waals surface area contributed by atoms with Gasteiger partial charge in [0.2, 0.25) is 0 Å². The van der Waals surface area contributed by atoms with Gasteiger partial charge in [-0.2, -0.15) is 0 Å². The lowest BCUT2D eigenvalue weighted by Crippen LogP contribution is -2.40. The third-order valence-corrected chi connectivity index (χ3v) is 5.60. The zero-order valence-corrected chi connectivity index (χ0v) is 13.4. The molecule has 0 amide bonds. The van der Waals surface area contributed by atoms with E-state index in [4.69, 9.17) is 5.73 Å². The number of nitrogens with two attached hydrogens (primary N) is 1. The van der Waals surface area contributed by atoms with Gasteiger partial charge >= 0.3 is 0 Å². The molecular weight excluding hydrogens is 268 g/mol. The maximum Gasteiger partial charge on any atom is 0.0635 e. The van der Waals surface area contributed by atoms with Crippen molar-refractivity contribution in [3.63, 3.8) is 0 Å². The van der Waals surface area contributed by atoms with Crippen molar-refractivity contribution in [3.8, 4) is 0 Å². The van der Waals surface area contributed by atoms with Gasteiger partial charge in [-0.1, -0.05) is 49.5 Å². The highest BCUT2D eigenvalue weighted by Crippen LogP contribution is 2.47.